The molecule has 1 rings (SSSR count). The highest BCUT2D eigenvalue weighted by atomic mass is 32.3. The maximum Gasteiger partial charge on any atom is 0.432 e. The summed E-state index contributed by atoms with van der Waals surface area (Å²) in [6, 6.07) is 7.05. The molecule has 2 N–H and O–H groups in total. The fraction of sp³-hybridized carbons (Fsp3) is 0.647. The highest BCUT2D eigenvalue weighted by Gasteiger charge is 2.10. The Morgan fingerprint density at radius 3 is 2.08 bits per heavy atom. The third-order valence-corrected chi connectivity index (χ3v) is 3.47. The van der Waals surface area contributed by atoms with E-state index in [-0.39, 0.29) is 6.61 Å². The van der Waals surface area contributed by atoms with Crippen LogP contribution in [0.25, 0.3) is 0 Å². The van der Waals surface area contributed by atoms with E-state index in [4.69, 9.17) is 9.66 Å². The Labute approximate surface area is 145 Å². The first-order valence-electron chi connectivity index (χ1n) is 8.46. The fourth-order valence-corrected chi connectivity index (χ4v) is 2.30. The predicted molar refractivity (Wildman–Crippen MR) is 94.2 cm³/mol. The number of hydrogen-bond acceptors (Lipinski definition) is 5. The minimum absolute atomic E-state index is 0.250. The van der Waals surface area contributed by atoms with Gasteiger partial charge in [0.2, 0.25) is 0 Å². The smallest absolute Gasteiger partial charge is 0.397 e. The first-order valence-corrected chi connectivity index (χ1v) is 9.83. The number of hydrogen-bond donors (Lipinski definition) is 2. The van der Waals surface area contributed by atoms with Gasteiger partial charge in [-0.2, -0.15) is 8.42 Å². The molecule has 0 spiro atoms. The van der Waals surface area contributed by atoms with Crippen LogP contribution < -0.4 is 4.89 Å². The lowest BCUT2D eigenvalue weighted by molar-refractivity contribution is -0.103. The summed E-state index contributed by atoms with van der Waals surface area (Å²) in [5.74, 6) is 0.320. The zero-order valence-corrected chi connectivity index (χ0v) is 15.4. The van der Waals surface area contributed by atoms with E-state index in [1.165, 1.54) is 32.1 Å². The Morgan fingerprint density at radius 1 is 0.958 bits per heavy atom. The SMILES string of the molecule is CCCCCCCCCc1ccccc1OOS(=O)(=O)O.CCO. The minimum Gasteiger partial charge on any atom is -0.397 e. The standard InChI is InChI=1S/C15H24O5S.C2H6O/c1-2-3-4-5-6-7-8-11-14-12-9-10-13-15(14)19-20-21(16,17)18;1-2-3/h9-10,12-13H,2-8,11H2,1H3,(H,16,17,18);3H,2H2,1H3. The zero-order chi connectivity index (χ0) is 18.3. The van der Waals surface area contributed by atoms with Crippen molar-refractivity contribution in [3.63, 3.8) is 0 Å². The molecule has 0 fully saturated rings. The van der Waals surface area contributed by atoms with Crippen molar-refractivity contribution in [3.05, 3.63) is 29.8 Å². The van der Waals surface area contributed by atoms with Crippen molar-refractivity contribution < 1.29 is 27.3 Å². The fourth-order valence-electron chi connectivity index (χ4n) is 2.14. The molecule has 6 nitrogen and oxygen atoms in total. The van der Waals surface area contributed by atoms with Crippen LogP contribution in [0.5, 0.6) is 5.75 Å². The third-order valence-electron chi connectivity index (χ3n) is 3.23. The van der Waals surface area contributed by atoms with Crippen LogP contribution >= 0.6 is 0 Å². The molecule has 0 aliphatic rings. The summed E-state index contributed by atoms with van der Waals surface area (Å²) in [4.78, 5) is 4.67. The van der Waals surface area contributed by atoms with Crippen LogP contribution in [-0.2, 0) is 21.2 Å². The van der Waals surface area contributed by atoms with Crippen molar-refractivity contribution in [2.24, 2.45) is 0 Å². The molecule has 0 saturated carbocycles. The summed E-state index contributed by atoms with van der Waals surface area (Å²) >= 11 is 0. The number of aliphatic hydroxyl groups is 1. The van der Waals surface area contributed by atoms with E-state index in [0.29, 0.717) is 5.75 Å². The molecular weight excluding hydrogens is 332 g/mol. The van der Waals surface area contributed by atoms with E-state index in [2.05, 4.69) is 16.1 Å². The Morgan fingerprint density at radius 2 is 1.50 bits per heavy atom. The maximum absolute atomic E-state index is 10.5. The van der Waals surface area contributed by atoms with E-state index >= 15 is 0 Å². The number of benzene rings is 1. The number of aryl methyl sites for hydroxylation is 1. The molecule has 0 amide bonds. The van der Waals surface area contributed by atoms with Crippen LogP contribution in [0.2, 0.25) is 0 Å². The van der Waals surface area contributed by atoms with Crippen LogP contribution in [0, 0.1) is 0 Å². The highest BCUT2D eigenvalue weighted by molar-refractivity contribution is 7.80. The monoisotopic (exact) mass is 362 g/mol. The average molecular weight is 362 g/mol. The average Bonchev–Trinajstić information content (AvgIpc) is 2.53. The van der Waals surface area contributed by atoms with E-state index in [9.17, 15) is 8.42 Å². The van der Waals surface area contributed by atoms with Gasteiger partial charge in [-0.3, -0.25) is 4.55 Å². The Bertz CT molecular complexity index is 516. The normalized spacial score (nSPS) is 10.8. The molecule has 0 saturated heterocycles. The van der Waals surface area contributed by atoms with Gasteiger partial charge in [-0.15, -0.1) is 0 Å². The molecule has 1 aromatic rings. The van der Waals surface area contributed by atoms with Gasteiger partial charge in [0, 0.05) is 6.61 Å². The molecule has 0 atom stereocenters. The third kappa shape index (κ3) is 13.3. The largest absolute Gasteiger partial charge is 0.432 e. The summed E-state index contributed by atoms with van der Waals surface area (Å²) in [6.07, 6.45) is 9.25. The number of rotatable bonds is 11. The molecule has 0 unspecified atom stereocenters. The number of aliphatic hydroxyl groups excluding tert-OH is 1. The van der Waals surface area contributed by atoms with Gasteiger partial charge < -0.3 is 9.99 Å². The van der Waals surface area contributed by atoms with Crippen molar-refractivity contribution in [2.45, 2.75) is 65.2 Å². The van der Waals surface area contributed by atoms with E-state index in [1.54, 1.807) is 19.1 Å². The Hall–Kier alpha value is -1.15. The molecule has 1 aromatic carbocycles. The second-order valence-corrected chi connectivity index (χ2v) is 6.37. The summed E-state index contributed by atoms with van der Waals surface area (Å²) in [5, 5.41) is 7.57. The van der Waals surface area contributed by atoms with Gasteiger partial charge in [0.1, 0.15) is 0 Å². The van der Waals surface area contributed by atoms with Crippen LogP contribution in [0.3, 0.4) is 0 Å². The summed E-state index contributed by atoms with van der Waals surface area (Å²) in [5.41, 5.74) is 0.870. The van der Waals surface area contributed by atoms with Gasteiger partial charge in [-0.25, -0.2) is 0 Å². The van der Waals surface area contributed by atoms with E-state index < -0.39 is 10.4 Å². The minimum atomic E-state index is -4.60. The van der Waals surface area contributed by atoms with Crippen molar-refractivity contribution in [1.29, 1.82) is 0 Å². The van der Waals surface area contributed by atoms with Gasteiger partial charge in [0.05, 0.1) is 0 Å². The molecule has 0 aliphatic carbocycles. The van der Waals surface area contributed by atoms with Gasteiger partial charge in [-0.1, -0.05) is 63.6 Å². The quantitative estimate of drug-likeness (QED) is 0.266. The molecule has 7 heteroatoms. The molecule has 0 aromatic heterocycles. The summed E-state index contributed by atoms with van der Waals surface area (Å²) < 4.78 is 33.5. The van der Waals surface area contributed by atoms with Crippen molar-refractivity contribution in [1.82, 2.24) is 0 Å². The molecular formula is C17H30O6S. The lowest BCUT2D eigenvalue weighted by atomic mass is 10.0. The van der Waals surface area contributed by atoms with Crippen molar-refractivity contribution in [3.8, 4) is 5.75 Å². The van der Waals surface area contributed by atoms with E-state index in [0.717, 1.165) is 24.8 Å². The first-order chi connectivity index (χ1) is 11.4. The van der Waals surface area contributed by atoms with Gasteiger partial charge >= 0.3 is 10.4 Å². The van der Waals surface area contributed by atoms with E-state index in [1.807, 2.05) is 12.1 Å². The number of para-hydroxylation sites is 1. The van der Waals surface area contributed by atoms with Crippen LogP contribution in [-0.4, -0.2) is 24.7 Å². The topological polar surface area (TPSA) is 93.1 Å². The van der Waals surface area contributed by atoms with Gasteiger partial charge in [0.25, 0.3) is 0 Å². The molecule has 0 radical (unpaired) electrons. The lowest BCUT2D eigenvalue weighted by Crippen LogP contribution is -2.08. The Kier molecular flexibility index (Phi) is 13.5. The molecule has 0 aliphatic heterocycles. The molecule has 140 valence electrons. The van der Waals surface area contributed by atoms with Crippen LogP contribution in [0.4, 0.5) is 0 Å². The van der Waals surface area contributed by atoms with Crippen molar-refractivity contribution >= 4 is 10.4 Å². The van der Waals surface area contributed by atoms with Gasteiger partial charge in [0.15, 0.2) is 5.75 Å². The molecule has 0 bridgehead atoms. The number of unbranched alkanes of at least 4 members (excludes halogenated alkanes) is 6. The Balaban J connectivity index is 0.00000163. The summed E-state index contributed by atoms with van der Waals surface area (Å²) in [6.45, 7) is 4.13. The van der Waals surface area contributed by atoms with Crippen LogP contribution in [0.1, 0.15) is 64.4 Å². The van der Waals surface area contributed by atoms with Crippen LogP contribution in [0.15, 0.2) is 24.3 Å². The second kappa shape index (κ2) is 14.2. The van der Waals surface area contributed by atoms with Crippen molar-refractivity contribution in [2.75, 3.05) is 6.61 Å². The zero-order valence-electron chi connectivity index (χ0n) is 14.6. The summed E-state index contributed by atoms with van der Waals surface area (Å²) in [7, 11) is -4.60. The second-order valence-electron chi connectivity index (χ2n) is 5.37. The first kappa shape index (κ1) is 22.9. The lowest BCUT2D eigenvalue weighted by Gasteiger charge is -2.08. The predicted octanol–water partition coefficient (Wildman–Crippen LogP) is 4.09. The van der Waals surface area contributed by atoms with Gasteiger partial charge in [-0.05, 0) is 35.7 Å². The molecule has 24 heavy (non-hydrogen) atoms. The molecule has 0 heterocycles. The highest BCUT2D eigenvalue weighted by Crippen LogP contribution is 2.21. The maximum atomic E-state index is 10.5.